The van der Waals surface area contributed by atoms with Crippen molar-refractivity contribution in [3.05, 3.63) is 23.8 Å². The van der Waals surface area contributed by atoms with Crippen molar-refractivity contribution >= 4 is 15.7 Å². The van der Waals surface area contributed by atoms with E-state index in [9.17, 15) is 8.42 Å². The highest BCUT2D eigenvalue weighted by atomic mass is 32.2. The molecule has 2 aliphatic rings. The van der Waals surface area contributed by atoms with Crippen molar-refractivity contribution < 1.29 is 8.42 Å². The first kappa shape index (κ1) is 12.0. The Morgan fingerprint density at radius 3 is 2.83 bits per heavy atom. The predicted octanol–water partition coefficient (Wildman–Crippen LogP) is 1.73. The molecule has 0 spiro atoms. The second-order valence-electron chi connectivity index (χ2n) is 5.39. The summed E-state index contributed by atoms with van der Waals surface area (Å²) in [6, 6.07) is 5.47. The quantitative estimate of drug-likeness (QED) is 0.876. The number of sulfonamides is 1. The molecule has 3 rings (SSSR count). The highest BCUT2D eigenvalue weighted by Crippen LogP contribution is 2.29. The molecule has 2 N–H and O–H groups in total. The zero-order valence-corrected chi connectivity index (χ0v) is 11.3. The van der Waals surface area contributed by atoms with E-state index in [0.29, 0.717) is 10.8 Å². The van der Waals surface area contributed by atoms with Gasteiger partial charge < -0.3 is 5.32 Å². The lowest BCUT2D eigenvalue weighted by atomic mass is 9.83. The Bertz CT molecular complexity index is 562. The molecule has 18 heavy (non-hydrogen) atoms. The highest BCUT2D eigenvalue weighted by molar-refractivity contribution is 7.89. The summed E-state index contributed by atoms with van der Waals surface area (Å²) in [6.07, 6.45) is 2.87. The molecular weight excluding hydrogens is 248 g/mol. The van der Waals surface area contributed by atoms with Crippen LogP contribution >= 0.6 is 0 Å². The molecule has 1 aliphatic carbocycles. The highest BCUT2D eigenvalue weighted by Gasteiger charge is 2.30. The van der Waals surface area contributed by atoms with Gasteiger partial charge in [0.15, 0.2) is 0 Å². The molecule has 4 nitrogen and oxygen atoms in total. The van der Waals surface area contributed by atoms with E-state index >= 15 is 0 Å². The summed E-state index contributed by atoms with van der Waals surface area (Å²) < 4.78 is 27.2. The first-order chi connectivity index (χ1) is 8.54. The molecule has 0 saturated heterocycles. The minimum atomic E-state index is -3.36. The Morgan fingerprint density at radius 2 is 2.11 bits per heavy atom. The summed E-state index contributed by atoms with van der Waals surface area (Å²) in [5, 5.41) is 3.21. The molecule has 1 heterocycles. The van der Waals surface area contributed by atoms with E-state index in [-0.39, 0.29) is 6.04 Å². The molecule has 1 aliphatic heterocycles. The van der Waals surface area contributed by atoms with Gasteiger partial charge in [0, 0.05) is 18.3 Å². The van der Waals surface area contributed by atoms with Crippen molar-refractivity contribution in [3.8, 4) is 0 Å². The zero-order chi connectivity index (χ0) is 12.8. The van der Waals surface area contributed by atoms with Crippen LogP contribution in [-0.2, 0) is 16.4 Å². The maximum atomic E-state index is 12.2. The fourth-order valence-electron chi connectivity index (χ4n) is 2.72. The van der Waals surface area contributed by atoms with Gasteiger partial charge in [-0.1, -0.05) is 13.0 Å². The maximum absolute atomic E-state index is 12.2. The van der Waals surface area contributed by atoms with Crippen LogP contribution in [0.15, 0.2) is 23.1 Å². The van der Waals surface area contributed by atoms with Crippen molar-refractivity contribution in [3.63, 3.8) is 0 Å². The second kappa shape index (κ2) is 4.24. The number of hydrogen-bond donors (Lipinski definition) is 2. The summed E-state index contributed by atoms with van der Waals surface area (Å²) in [7, 11) is -3.36. The van der Waals surface area contributed by atoms with Gasteiger partial charge in [0.2, 0.25) is 10.0 Å². The first-order valence-corrected chi connectivity index (χ1v) is 7.92. The lowest BCUT2D eigenvalue weighted by Gasteiger charge is -2.32. The molecule has 1 aromatic rings. The smallest absolute Gasteiger partial charge is 0.240 e. The van der Waals surface area contributed by atoms with Crippen LogP contribution in [0.1, 0.15) is 25.3 Å². The molecule has 1 aromatic carbocycles. The van der Waals surface area contributed by atoms with E-state index in [1.165, 1.54) is 5.56 Å². The molecule has 1 saturated carbocycles. The fraction of sp³-hybridized carbons (Fsp3) is 0.538. The summed E-state index contributed by atoms with van der Waals surface area (Å²) in [5.74, 6) is 0.638. The Balaban J connectivity index is 1.80. The molecule has 0 amide bonds. The van der Waals surface area contributed by atoms with E-state index < -0.39 is 10.0 Å². The average molecular weight is 266 g/mol. The van der Waals surface area contributed by atoms with E-state index in [1.54, 1.807) is 12.1 Å². The van der Waals surface area contributed by atoms with Crippen molar-refractivity contribution in [1.82, 2.24) is 4.72 Å². The minimum absolute atomic E-state index is 0.117. The normalized spacial score (nSPS) is 26.3. The van der Waals surface area contributed by atoms with Crippen LogP contribution < -0.4 is 10.0 Å². The van der Waals surface area contributed by atoms with Crippen molar-refractivity contribution in [2.75, 3.05) is 11.9 Å². The van der Waals surface area contributed by atoms with Crippen LogP contribution in [0.3, 0.4) is 0 Å². The van der Waals surface area contributed by atoms with Crippen LogP contribution in [0.5, 0.6) is 0 Å². The lowest BCUT2D eigenvalue weighted by molar-refractivity contribution is 0.270. The van der Waals surface area contributed by atoms with Crippen LogP contribution in [0.2, 0.25) is 0 Å². The largest absolute Gasteiger partial charge is 0.384 e. The van der Waals surface area contributed by atoms with Gasteiger partial charge in [-0.2, -0.15) is 0 Å². The molecule has 98 valence electrons. The number of hydrogen-bond acceptors (Lipinski definition) is 3. The van der Waals surface area contributed by atoms with E-state index in [1.807, 2.05) is 6.07 Å². The average Bonchev–Trinajstić information content (AvgIpc) is 2.73. The van der Waals surface area contributed by atoms with Gasteiger partial charge in [0.05, 0.1) is 4.90 Å². The third-order valence-corrected chi connectivity index (χ3v) is 5.32. The summed E-state index contributed by atoms with van der Waals surface area (Å²) in [5.41, 5.74) is 2.16. The number of anilines is 1. The Morgan fingerprint density at radius 1 is 1.33 bits per heavy atom. The molecule has 0 aromatic heterocycles. The van der Waals surface area contributed by atoms with Crippen LogP contribution in [-0.4, -0.2) is 21.0 Å². The summed E-state index contributed by atoms with van der Waals surface area (Å²) in [4.78, 5) is 0.371. The zero-order valence-electron chi connectivity index (χ0n) is 10.4. The molecule has 0 atom stereocenters. The topological polar surface area (TPSA) is 58.2 Å². The Labute approximate surface area is 108 Å². The van der Waals surface area contributed by atoms with Crippen molar-refractivity contribution in [2.24, 2.45) is 5.92 Å². The molecule has 0 radical (unpaired) electrons. The summed E-state index contributed by atoms with van der Waals surface area (Å²) >= 11 is 0. The number of nitrogens with one attached hydrogen (secondary N) is 2. The van der Waals surface area contributed by atoms with E-state index in [0.717, 1.165) is 31.5 Å². The monoisotopic (exact) mass is 266 g/mol. The number of fused-ring (bicyclic) bond motifs is 1. The molecule has 1 fully saturated rings. The van der Waals surface area contributed by atoms with Gasteiger partial charge in [0.1, 0.15) is 0 Å². The van der Waals surface area contributed by atoms with E-state index in [4.69, 9.17) is 0 Å². The number of rotatable bonds is 3. The minimum Gasteiger partial charge on any atom is -0.384 e. The third kappa shape index (κ3) is 2.12. The van der Waals surface area contributed by atoms with Gasteiger partial charge in [-0.3, -0.25) is 0 Å². The van der Waals surface area contributed by atoms with Crippen LogP contribution in [0, 0.1) is 5.92 Å². The predicted molar refractivity (Wildman–Crippen MR) is 71.1 cm³/mol. The van der Waals surface area contributed by atoms with Gasteiger partial charge >= 0.3 is 0 Å². The fourth-order valence-corrected chi connectivity index (χ4v) is 4.01. The van der Waals surface area contributed by atoms with Crippen LogP contribution in [0.4, 0.5) is 5.69 Å². The Hall–Kier alpha value is -1.07. The van der Waals surface area contributed by atoms with Gasteiger partial charge in [0.25, 0.3) is 0 Å². The number of benzene rings is 1. The van der Waals surface area contributed by atoms with Gasteiger partial charge in [-0.25, -0.2) is 13.1 Å². The van der Waals surface area contributed by atoms with Crippen LogP contribution in [0.25, 0.3) is 0 Å². The lowest BCUT2D eigenvalue weighted by Crippen LogP contribution is -2.43. The first-order valence-electron chi connectivity index (χ1n) is 6.44. The van der Waals surface area contributed by atoms with Crippen molar-refractivity contribution in [2.45, 2.75) is 37.1 Å². The SMILES string of the molecule is CC1CC(NS(=O)(=O)c2ccc3c(c2)NCC3)C1. The van der Waals surface area contributed by atoms with Gasteiger partial charge in [-0.15, -0.1) is 0 Å². The van der Waals surface area contributed by atoms with E-state index in [2.05, 4.69) is 17.0 Å². The standard InChI is InChI=1S/C13H18N2O2S/c1-9-6-11(7-9)15-18(16,17)12-3-2-10-4-5-14-13(10)8-12/h2-3,8-9,11,14-15H,4-7H2,1H3. The summed E-state index contributed by atoms with van der Waals surface area (Å²) in [6.45, 7) is 3.04. The van der Waals surface area contributed by atoms with Crippen molar-refractivity contribution in [1.29, 1.82) is 0 Å². The van der Waals surface area contributed by atoms with Gasteiger partial charge in [-0.05, 0) is 42.9 Å². The molecular formula is C13H18N2O2S. The maximum Gasteiger partial charge on any atom is 0.240 e. The molecule has 0 bridgehead atoms. The second-order valence-corrected chi connectivity index (χ2v) is 7.10. The molecule has 5 heteroatoms. The third-order valence-electron chi connectivity index (χ3n) is 3.80. The Kier molecular flexibility index (Phi) is 2.83. The molecule has 0 unspecified atom stereocenters.